The summed E-state index contributed by atoms with van der Waals surface area (Å²) in [4.78, 5) is 9.85. The Morgan fingerprint density at radius 1 is 1.46 bits per heavy atom. The number of alkyl carbamates (subject to hydrolysis) is 1. The van der Waals surface area contributed by atoms with E-state index >= 15 is 0 Å². The van der Waals surface area contributed by atoms with Gasteiger partial charge in [-0.2, -0.15) is 0 Å². The second-order valence-electron chi connectivity index (χ2n) is 3.30. The Balaban J connectivity index is 0.000000226. The number of amides is 1. The van der Waals surface area contributed by atoms with Crippen molar-refractivity contribution in [2.24, 2.45) is 5.92 Å². The molecule has 1 N–H and O–H groups in total. The first-order valence-electron chi connectivity index (χ1n) is 5.00. The molecule has 0 aromatic heterocycles. The van der Waals surface area contributed by atoms with Gasteiger partial charge in [0.2, 0.25) is 0 Å². The van der Waals surface area contributed by atoms with Crippen molar-refractivity contribution in [3.63, 3.8) is 0 Å². The van der Waals surface area contributed by atoms with E-state index in [1.165, 1.54) is 46.3 Å². The Kier molecular flexibility index (Phi) is 7.45. The van der Waals surface area contributed by atoms with Gasteiger partial charge in [0.15, 0.2) is 0 Å². The highest BCUT2D eigenvalue weighted by Gasteiger charge is 2.11. The monoisotopic (exact) mass is 187 g/mol. The predicted molar refractivity (Wildman–Crippen MR) is 53.7 cm³/mol. The van der Waals surface area contributed by atoms with E-state index in [9.17, 15) is 4.79 Å². The summed E-state index contributed by atoms with van der Waals surface area (Å²) in [6, 6.07) is 0. The van der Waals surface area contributed by atoms with Gasteiger partial charge in [-0.15, -0.1) is 0 Å². The van der Waals surface area contributed by atoms with Gasteiger partial charge in [0, 0.05) is 7.05 Å². The summed E-state index contributed by atoms with van der Waals surface area (Å²) >= 11 is 0. The molecule has 1 saturated carbocycles. The Bertz CT molecular complexity index is 125. The van der Waals surface area contributed by atoms with Crippen molar-refractivity contribution in [2.45, 2.75) is 39.0 Å². The fourth-order valence-corrected chi connectivity index (χ4v) is 1.52. The van der Waals surface area contributed by atoms with Crippen LogP contribution < -0.4 is 5.32 Å². The molecule has 0 bridgehead atoms. The molecule has 0 radical (unpaired) electrons. The topological polar surface area (TPSA) is 38.3 Å². The molecule has 78 valence electrons. The second-order valence-corrected chi connectivity index (χ2v) is 3.30. The largest absolute Gasteiger partial charge is 0.453 e. The fraction of sp³-hybridized carbons (Fsp3) is 0.900. The molecule has 1 amide bonds. The number of ether oxygens (including phenoxy) is 1. The molecule has 0 aromatic carbocycles. The van der Waals surface area contributed by atoms with Gasteiger partial charge in [-0.1, -0.05) is 39.0 Å². The van der Waals surface area contributed by atoms with Crippen molar-refractivity contribution < 1.29 is 9.53 Å². The zero-order valence-corrected chi connectivity index (χ0v) is 8.93. The molecule has 0 aliphatic heterocycles. The minimum atomic E-state index is -0.407. The molecule has 0 saturated heterocycles. The lowest BCUT2D eigenvalue weighted by atomic mass is 10.1. The lowest BCUT2D eigenvalue weighted by Gasteiger charge is -1.99. The minimum absolute atomic E-state index is 0.407. The van der Waals surface area contributed by atoms with Crippen molar-refractivity contribution in [1.29, 1.82) is 0 Å². The average Bonchev–Trinajstić information content (AvgIpc) is 2.70. The maximum atomic E-state index is 9.85. The third-order valence-corrected chi connectivity index (χ3v) is 2.44. The lowest BCUT2D eigenvalue weighted by Crippen LogP contribution is -2.16. The van der Waals surface area contributed by atoms with Crippen molar-refractivity contribution in [1.82, 2.24) is 5.32 Å². The van der Waals surface area contributed by atoms with E-state index in [0.29, 0.717) is 0 Å². The minimum Gasteiger partial charge on any atom is -0.453 e. The molecule has 1 aliphatic carbocycles. The molecule has 1 aliphatic rings. The maximum Gasteiger partial charge on any atom is 0.406 e. The molecule has 1 rings (SSSR count). The Morgan fingerprint density at radius 2 is 2.00 bits per heavy atom. The summed E-state index contributed by atoms with van der Waals surface area (Å²) in [7, 11) is 2.82. The van der Waals surface area contributed by atoms with Gasteiger partial charge in [0.05, 0.1) is 7.11 Å². The molecule has 13 heavy (non-hydrogen) atoms. The number of rotatable bonds is 1. The van der Waals surface area contributed by atoms with Crippen LogP contribution in [0, 0.1) is 5.92 Å². The van der Waals surface area contributed by atoms with Crippen LogP contribution in [0.25, 0.3) is 0 Å². The van der Waals surface area contributed by atoms with Gasteiger partial charge in [-0.25, -0.2) is 4.79 Å². The average molecular weight is 187 g/mol. The van der Waals surface area contributed by atoms with E-state index in [2.05, 4.69) is 17.0 Å². The van der Waals surface area contributed by atoms with E-state index in [0.717, 1.165) is 5.92 Å². The van der Waals surface area contributed by atoms with Crippen LogP contribution >= 0.6 is 0 Å². The Morgan fingerprint density at radius 3 is 2.15 bits per heavy atom. The zero-order chi connectivity index (χ0) is 10.1. The highest BCUT2D eigenvalue weighted by atomic mass is 16.5. The van der Waals surface area contributed by atoms with E-state index < -0.39 is 6.09 Å². The third kappa shape index (κ3) is 6.43. The smallest absolute Gasteiger partial charge is 0.406 e. The third-order valence-electron chi connectivity index (χ3n) is 2.44. The molecule has 1 fully saturated rings. The van der Waals surface area contributed by atoms with Crippen molar-refractivity contribution in [2.75, 3.05) is 14.2 Å². The Labute approximate surface area is 80.8 Å². The normalized spacial score (nSPS) is 15.9. The first-order valence-corrected chi connectivity index (χ1v) is 5.00. The van der Waals surface area contributed by atoms with Gasteiger partial charge < -0.3 is 10.1 Å². The molecule has 0 spiro atoms. The van der Waals surface area contributed by atoms with Gasteiger partial charge >= 0.3 is 6.09 Å². The van der Waals surface area contributed by atoms with E-state index in [-0.39, 0.29) is 0 Å². The van der Waals surface area contributed by atoms with Crippen LogP contribution in [0.3, 0.4) is 0 Å². The predicted octanol–water partition coefficient (Wildman–Crippen LogP) is 2.56. The summed E-state index contributed by atoms with van der Waals surface area (Å²) in [5.41, 5.74) is 0. The number of hydrogen-bond acceptors (Lipinski definition) is 2. The first-order chi connectivity index (χ1) is 6.24. The highest BCUT2D eigenvalue weighted by Crippen LogP contribution is 2.26. The van der Waals surface area contributed by atoms with E-state index in [4.69, 9.17) is 0 Å². The SMILES string of the molecule is CCC1CCCC1.CNC(=O)OC. The number of hydrogen-bond donors (Lipinski definition) is 1. The Hall–Kier alpha value is -0.730. The molecular formula is C10H21NO2. The van der Waals surface area contributed by atoms with Crippen molar-refractivity contribution >= 4 is 6.09 Å². The summed E-state index contributed by atoms with van der Waals surface area (Å²) in [6.45, 7) is 2.30. The summed E-state index contributed by atoms with van der Waals surface area (Å²) in [5, 5.41) is 2.25. The van der Waals surface area contributed by atoms with Crippen LogP contribution in [0.5, 0.6) is 0 Å². The van der Waals surface area contributed by atoms with Gasteiger partial charge in [-0.3, -0.25) is 0 Å². The quantitative estimate of drug-likeness (QED) is 0.685. The summed E-state index contributed by atoms with van der Waals surface area (Å²) in [6.07, 6.45) is 7.03. The molecule has 0 unspecified atom stereocenters. The van der Waals surface area contributed by atoms with Crippen LogP contribution in [0.1, 0.15) is 39.0 Å². The number of nitrogens with one attached hydrogen (secondary N) is 1. The highest BCUT2D eigenvalue weighted by molar-refractivity contribution is 5.66. The van der Waals surface area contributed by atoms with Gasteiger partial charge in [0.25, 0.3) is 0 Å². The summed E-state index contributed by atoms with van der Waals surface area (Å²) in [5.74, 6) is 1.10. The molecular weight excluding hydrogens is 166 g/mol. The van der Waals surface area contributed by atoms with Crippen molar-refractivity contribution in [3.05, 3.63) is 0 Å². The van der Waals surface area contributed by atoms with Crippen molar-refractivity contribution in [3.8, 4) is 0 Å². The first kappa shape index (κ1) is 12.3. The molecule has 3 heteroatoms. The van der Waals surface area contributed by atoms with Crippen LogP contribution in [0.15, 0.2) is 0 Å². The van der Waals surface area contributed by atoms with Crippen LogP contribution in [0.2, 0.25) is 0 Å². The maximum absolute atomic E-state index is 9.85. The standard InChI is InChI=1S/C7H14.C3H7NO2/c1-2-7-5-3-4-6-7;1-4-3(5)6-2/h7H,2-6H2,1H3;1-2H3,(H,4,5). The molecule has 0 heterocycles. The number of carbonyl (C=O) groups excluding carboxylic acids is 1. The number of carbonyl (C=O) groups is 1. The van der Waals surface area contributed by atoms with Crippen LogP contribution in [0.4, 0.5) is 4.79 Å². The van der Waals surface area contributed by atoms with E-state index in [1.807, 2.05) is 0 Å². The molecule has 0 atom stereocenters. The van der Waals surface area contributed by atoms with E-state index in [1.54, 1.807) is 0 Å². The number of methoxy groups -OCH3 is 1. The lowest BCUT2D eigenvalue weighted by molar-refractivity contribution is 0.173. The molecule has 0 aromatic rings. The van der Waals surface area contributed by atoms with Gasteiger partial charge in [-0.05, 0) is 5.92 Å². The van der Waals surface area contributed by atoms with Gasteiger partial charge in [0.1, 0.15) is 0 Å². The van der Waals surface area contributed by atoms with Crippen LogP contribution in [-0.4, -0.2) is 20.3 Å². The summed E-state index contributed by atoms with van der Waals surface area (Å²) < 4.78 is 4.15. The fourth-order valence-electron chi connectivity index (χ4n) is 1.52. The zero-order valence-electron chi connectivity index (χ0n) is 8.93. The second kappa shape index (κ2) is 7.90. The van der Waals surface area contributed by atoms with Crippen LogP contribution in [-0.2, 0) is 4.74 Å². The molecule has 3 nitrogen and oxygen atoms in total.